The van der Waals surface area contributed by atoms with Crippen LogP contribution in [0.25, 0.3) is 16.1 Å². The van der Waals surface area contributed by atoms with Gasteiger partial charge in [0.25, 0.3) is 5.91 Å². The molecule has 2 aromatic heterocycles. The maximum absolute atomic E-state index is 12.8. The minimum Gasteiger partial charge on any atom is -0.486 e. The number of benzene rings is 2. The summed E-state index contributed by atoms with van der Waals surface area (Å²) in [4.78, 5) is 14.4. The number of anilines is 1. The van der Waals surface area contributed by atoms with Crippen LogP contribution in [-0.4, -0.2) is 45.6 Å². The van der Waals surface area contributed by atoms with Crippen molar-refractivity contribution in [2.24, 2.45) is 0 Å². The minimum absolute atomic E-state index is 0.173. The maximum Gasteiger partial charge on any atom is 0.265 e. The van der Waals surface area contributed by atoms with E-state index in [4.69, 9.17) is 9.47 Å². The third-order valence-electron chi connectivity index (χ3n) is 4.63. The Kier molecular flexibility index (Phi) is 5.31. The molecule has 3 heterocycles. The van der Waals surface area contributed by atoms with Crippen LogP contribution in [0.5, 0.6) is 11.5 Å². The molecule has 156 valence electrons. The van der Waals surface area contributed by atoms with Gasteiger partial charge in [0.1, 0.15) is 13.2 Å². The van der Waals surface area contributed by atoms with Gasteiger partial charge in [-0.2, -0.15) is 4.68 Å². The maximum atomic E-state index is 12.8. The number of thioether (sulfide) groups is 1. The molecular formula is C21H17N5O3S2. The predicted molar refractivity (Wildman–Crippen MR) is 120 cm³/mol. The highest BCUT2D eigenvalue weighted by Crippen LogP contribution is 2.37. The molecule has 5 rings (SSSR count). The number of aromatic nitrogens is 4. The lowest BCUT2D eigenvalue weighted by Crippen LogP contribution is -2.15. The normalized spacial score (nSPS) is 12.5. The van der Waals surface area contributed by atoms with Crippen molar-refractivity contribution in [2.45, 2.75) is 5.16 Å². The average molecular weight is 452 g/mol. The van der Waals surface area contributed by atoms with E-state index < -0.39 is 0 Å². The summed E-state index contributed by atoms with van der Waals surface area (Å²) in [6, 6.07) is 17.0. The second-order valence-electron chi connectivity index (χ2n) is 6.60. The Morgan fingerprint density at radius 2 is 1.97 bits per heavy atom. The molecule has 1 aliphatic heterocycles. The molecule has 0 radical (unpaired) electrons. The quantitative estimate of drug-likeness (QED) is 0.456. The number of hydrogen-bond acceptors (Lipinski definition) is 8. The van der Waals surface area contributed by atoms with Gasteiger partial charge < -0.3 is 14.8 Å². The van der Waals surface area contributed by atoms with Crippen molar-refractivity contribution in [2.75, 3.05) is 24.8 Å². The molecule has 1 aliphatic rings. The van der Waals surface area contributed by atoms with Gasteiger partial charge in [0, 0.05) is 10.6 Å². The molecule has 0 fully saturated rings. The number of fused-ring (bicyclic) bond motifs is 1. The fraction of sp³-hybridized carbons (Fsp3) is 0.143. The van der Waals surface area contributed by atoms with Gasteiger partial charge in [0.05, 0.1) is 10.6 Å². The summed E-state index contributed by atoms with van der Waals surface area (Å²) in [7, 11) is 0. The van der Waals surface area contributed by atoms with E-state index in [1.165, 1.54) is 23.1 Å². The fourth-order valence-corrected chi connectivity index (χ4v) is 4.52. The van der Waals surface area contributed by atoms with E-state index in [1.54, 1.807) is 4.68 Å². The Hall–Kier alpha value is -3.37. The molecule has 0 saturated carbocycles. The van der Waals surface area contributed by atoms with Crippen LogP contribution in [0.1, 0.15) is 9.67 Å². The topological polar surface area (TPSA) is 91.2 Å². The minimum atomic E-state index is -0.173. The van der Waals surface area contributed by atoms with E-state index in [9.17, 15) is 4.79 Å². The van der Waals surface area contributed by atoms with Gasteiger partial charge >= 0.3 is 0 Å². The van der Waals surface area contributed by atoms with Crippen LogP contribution in [0.4, 0.5) is 5.69 Å². The van der Waals surface area contributed by atoms with Gasteiger partial charge in [-0.25, -0.2) is 0 Å². The van der Waals surface area contributed by atoms with E-state index >= 15 is 0 Å². The van der Waals surface area contributed by atoms with Gasteiger partial charge in [0.2, 0.25) is 5.16 Å². The first-order chi connectivity index (χ1) is 15.2. The lowest BCUT2D eigenvalue weighted by atomic mass is 10.1. The highest BCUT2D eigenvalue weighted by Gasteiger charge is 2.16. The zero-order valence-electron chi connectivity index (χ0n) is 16.4. The summed E-state index contributed by atoms with van der Waals surface area (Å²) < 4.78 is 12.9. The molecule has 0 aliphatic carbocycles. The van der Waals surface area contributed by atoms with Crippen LogP contribution in [0.15, 0.2) is 59.8 Å². The number of hydrogen-bond donors (Lipinski definition) is 1. The first-order valence-corrected chi connectivity index (χ1v) is 11.5. The van der Waals surface area contributed by atoms with Crippen molar-refractivity contribution in [3.8, 4) is 27.6 Å². The molecule has 0 spiro atoms. The van der Waals surface area contributed by atoms with Crippen molar-refractivity contribution in [1.29, 1.82) is 0 Å². The summed E-state index contributed by atoms with van der Waals surface area (Å²) in [6.07, 6.45) is 1.91. The molecule has 2 aromatic carbocycles. The van der Waals surface area contributed by atoms with E-state index in [-0.39, 0.29) is 5.91 Å². The van der Waals surface area contributed by atoms with Crippen LogP contribution in [0, 0.1) is 0 Å². The zero-order valence-corrected chi connectivity index (χ0v) is 18.1. The van der Waals surface area contributed by atoms with Crippen molar-refractivity contribution >= 4 is 34.7 Å². The summed E-state index contributed by atoms with van der Waals surface area (Å²) >= 11 is 2.87. The summed E-state index contributed by atoms with van der Waals surface area (Å²) in [6.45, 7) is 1.10. The molecule has 1 amide bonds. The summed E-state index contributed by atoms with van der Waals surface area (Å²) in [5.41, 5.74) is 2.42. The lowest BCUT2D eigenvalue weighted by molar-refractivity contribution is 0.103. The standard InChI is InChI=1S/C21H17N5O3S2/c1-30-21-23-24-25-26(21)15-4-2-3-14(12-15)22-20(27)19-8-7-18(31-19)13-5-6-16-17(11-13)29-10-9-28-16/h2-8,11-12H,9-10H2,1H3,(H,22,27). The number of tetrazole rings is 1. The van der Waals surface area contributed by atoms with E-state index in [2.05, 4.69) is 20.8 Å². The number of nitrogens with one attached hydrogen (secondary N) is 1. The van der Waals surface area contributed by atoms with Crippen LogP contribution >= 0.6 is 23.1 Å². The largest absolute Gasteiger partial charge is 0.486 e. The van der Waals surface area contributed by atoms with Gasteiger partial charge in [-0.15, -0.1) is 16.4 Å². The zero-order chi connectivity index (χ0) is 21.2. The van der Waals surface area contributed by atoms with Crippen molar-refractivity contribution in [3.63, 3.8) is 0 Å². The van der Waals surface area contributed by atoms with Gasteiger partial charge in [-0.1, -0.05) is 17.8 Å². The average Bonchev–Trinajstić information content (AvgIpc) is 3.49. The molecule has 0 unspecified atom stereocenters. The number of carbonyl (C=O) groups is 1. The second-order valence-corrected chi connectivity index (χ2v) is 8.46. The Bertz CT molecular complexity index is 1250. The summed E-state index contributed by atoms with van der Waals surface area (Å²) in [5, 5.41) is 15.3. The monoisotopic (exact) mass is 451 g/mol. The molecule has 31 heavy (non-hydrogen) atoms. The highest BCUT2D eigenvalue weighted by molar-refractivity contribution is 7.98. The SMILES string of the molecule is CSc1nnnn1-c1cccc(NC(=O)c2ccc(-c3ccc4c(c3)OCCO4)s2)c1. The fourth-order valence-electron chi connectivity index (χ4n) is 3.19. The van der Waals surface area contributed by atoms with E-state index in [1.807, 2.05) is 60.9 Å². The summed E-state index contributed by atoms with van der Waals surface area (Å²) in [5.74, 6) is 1.30. The van der Waals surface area contributed by atoms with Gasteiger partial charge in [0.15, 0.2) is 11.5 Å². The number of nitrogens with zero attached hydrogens (tertiary/aromatic N) is 4. The Balaban J connectivity index is 1.34. The first-order valence-electron chi connectivity index (χ1n) is 9.45. The third kappa shape index (κ3) is 3.99. The van der Waals surface area contributed by atoms with Gasteiger partial charge in [-0.3, -0.25) is 4.79 Å². The molecule has 1 N–H and O–H groups in total. The second kappa shape index (κ2) is 8.40. The molecule has 4 aromatic rings. The number of thiophene rings is 1. The van der Waals surface area contributed by atoms with Crippen LogP contribution in [-0.2, 0) is 0 Å². The van der Waals surface area contributed by atoms with Crippen molar-refractivity contribution in [3.05, 3.63) is 59.5 Å². The van der Waals surface area contributed by atoms with Crippen LogP contribution in [0.3, 0.4) is 0 Å². The Labute approximate surface area is 186 Å². The Morgan fingerprint density at radius 3 is 2.84 bits per heavy atom. The molecule has 0 saturated heterocycles. The smallest absolute Gasteiger partial charge is 0.265 e. The molecule has 8 nitrogen and oxygen atoms in total. The van der Waals surface area contributed by atoms with E-state index in [0.29, 0.717) is 28.9 Å². The Morgan fingerprint density at radius 1 is 1.10 bits per heavy atom. The van der Waals surface area contributed by atoms with Crippen LogP contribution in [0.2, 0.25) is 0 Å². The number of ether oxygens (including phenoxy) is 2. The van der Waals surface area contributed by atoms with Gasteiger partial charge in [-0.05, 0) is 70.8 Å². The number of carbonyl (C=O) groups excluding carboxylic acids is 1. The first kappa shape index (κ1) is 19.6. The third-order valence-corrected chi connectivity index (χ3v) is 6.38. The molecule has 0 bridgehead atoms. The molecular weight excluding hydrogens is 434 g/mol. The predicted octanol–water partition coefficient (Wildman–Crippen LogP) is 4.14. The molecule has 0 atom stereocenters. The lowest BCUT2D eigenvalue weighted by Gasteiger charge is -2.18. The molecule has 10 heteroatoms. The van der Waals surface area contributed by atoms with Crippen molar-refractivity contribution in [1.82, 2.24) is 20.2 Å². The van der Waals surface area contributed by atoms with E-state index in [0.717, 1.165) is 27.6 Å². The number of amides is 1. The van der Waals surface area contributed by atoms with Crippen LogP contribution < -0.4 is 14.8 Å². The number of rotatable bonds is 5. The van der Waals surface area contributed by atoms with Crippen molar-refractivity contribution < 1.29 is 14.3 Å². The highest BCUT2D eigenvalue weighted by atomic mass is 32.2.